The lowest BCUT2D eigenvalue weighted by molar-refractivity contribution is 0.0525. The predicted molar refractivity (Wildman–Crippen MR) is 89.1 cm³/mol. The van der Waals surface area contributed by atoms with Gasteiger partial charge in [-0.1, -0.05) is 11.6 Å². The van der Waals surface area contributed by atoms with Gasteiger partial charge in [0.15, 0.2) is 0 Å². The maximum absolute atomic E-state index is 11.5. The van der Waals surface area contributed by atoms with Crippen LogP contribution in [0.15, 0.2) is 24.7 Å². The van der Waals surface area contributed by atoms with Gasteiger partial charge >= 0.3 is 6.09 Å². The third-order valence-electron chi connectivity index (χ3n) is 2.85. The lowest BCUT2D eigenvalue weighted by Gasteiger charge is -2.19. The van der Waals surface area contributed by atoms with Crippen LogP contribution in [0.4, 0.5) is 10.6 Å². The van der Waals surface area contributed by atoms with Crippen LogP contribution in [0.3, 0.4) is 0 Å². The van der Waals surface area contributed by atoms with Gasteiger partial charge in [-0.2, -0.15) is 5.10 Å². The number of rotatable bonds is 4. The van der Waals surface area contributed by atoms with Gasteiger partial charge in [-0.15, -0.1) is 0 Å². The summed E-state index contributed by atoms with van der Waals surface area (Å²) < 4.78 is 6.88. The lowest BCUT2D eigenvalue weighted by atomic mass is 10.2. The summed E-state index contributed by atoms with van der Waals surface area (Å²) in [6, 6.07) is 1.74. The summed E-state index contributed by atoms with van der Waals surface area (Å²) in [7, 11) is 0. The molecule has 0 saturated heterocycles. The van der Waals surface area contributed by atoms with E-state index in [4.69, 9.17) is 22.1 Å². The third-order valence-corrected chi connectivity index (χ3v) is 3.15. The Morgan fingerprint density at radius 2 is 2.13 bits per heavy atom. The Bertz CT molecular complexity index is 693. The molecule has 124 valence electrons. The highest BCUT2D eigenvalue weighted by Crippen LogP contribution is 2.24. The molecule has 0 aromatic carbocycles. The fraction of sp³-hybridized carbons (Fsp3) is 0.400. The number of anilines is 1. The van der Waals surface area contributed by atoms with Gasteiger partial charge in [0.05, 0.1) is 17.8 Å². The summed E-state index contributed by atoms with van der Waals surface area (Å²) in [4.78, 5) is 15.6. The van der Waals surface area contributed by atoms with E-state index in [1.165, 1.54) is 0 Å². The van der Waals surface area contributed by atoms with Crippen LogP contribution in [0.2, 0.25) is 5.02 Å². The van der Waals surface area contributed by atoms with E-state index in [9.17, 15) is 4.79 Å². The summed E-state index contributed by atoms with van der Waals surface area (Å²) in [5, 5.41) is 7.32. The number of hydrogen-bond donors (Lipinski definition) is 2. The van der Waals surface area contributed by atoms with Gasteiger partial charge in [-0.05, 0) is 26.8 Å². The molecule has 0 aliphatic carbocycles. The number of aromatic nitrogens is 3. The average Bonchev–Trinajstić information content (AvgIpc) is 2.88. The molecular weight excluding hydrogens is 318 g/mol. The summed E-state index contributed by atoms with van der Waals surface area (Å²) in [5.74, 6) is 0.296. The van der Waals surface area contributed by atoms with E-state index in [1.807, 2.05) is 27.0 Å². The molecule has 0 radical (unpaired) electrons. The molecule has 1 amide bonds. The number of nitrogens with zero attached hydrogens (tertiary/aromatic N) is 3. The molecule has 8 heteroatoms. The topological polar surface area (TPSA) is 95.1 Å². The monoisotopic (exact) mass is 337 g/mol. The Balaban J connectivity index is 1.90. The van der Waals surface area contributed by atoms with Crippen molar-refractivity contribution in [2.24, 2.45) is 0 Å². The number of amides is 1. The molecule has 2 aromatic heterocycles. The number of carbonyl (C=O) groups excluding carboxylic acids is 1. The van der Waals surface area contributed by atoms with Crippen molar-refractivity contribution in [3.63, 3.8) is 0 Å². The van der Waals surface area contributed by atoms with Crippen LogP contribution < -0.4 is 11.1 Å². The minimum atomic E-state index is -0.510. The first-order valence-corrected chi connectivity index (χ1v) is 7.53. The lowest BCUT2D eigenvalue weighted by Crippen LogP contribution is -2.34. The second-order valence-corrected chi connectivity index (χ2v) is 6.42. The predicted octanol–water partition coefficient (Wildman–Crippen LogP) is 2.71. The SMILES string of the molecule is CC(C)(C)OC(=O)NCCn1cc(-c2cnc(N)c(Cl)c2)cn1. The Labute approximate surface area is 139 Å². The first kappa shape index (κ1) is 17.1. The molecule has 2 rings (SSSR count). The number of halogens is 1. The van der Waals surface area contributed by atoms with Crippen molar-refractivity contribution < 1.29 is 9.53 Å². The molecule has 0 saturated carbocycles. The second kappa shape index (κ2) is 6.87. The number of ether oxygens (including phenoxy) is 1. The molecule has 3 N–H and O–H groups in total. The Kier molecular flexibility index (Phi) is 5.10. The van der Waals surface area contributed by atoms with Gasteiger partial charge in [0.25, 0.3) is 0 Å². The maximum atomic E-state index is 11.5. The molecule has 2 heterocycles. The maximum Gasteiger partial charge on any atom is 0.407 e. The molecule has 2 aromatic rings. The molecule has 0 aliphatic rings. The Morgan fingerprint density at radius 3 is 2.78 bits per heavy atom. The second-order valence-electron chi connectivity index (χ2n) is 6.01. The highest BCUT2D eigenvalue weighted by molar-refractivity contribution is 6.33. The summed E-state index contributed by atoms with van der Waals surface area (Å²) in [5.41, 5.74) is 6.79. The number of nitrogens with one attached hydrogen (secondary N) is 1. The number of nitrogen functional groups attached to an aromatic ring is 1. The van der Waals surface area contributed by atoms with Crippen LogP contribution in [0.5, 0.6) is 0 Å². The molecule has 0 atom stereocenters. The minimum Gasteiger partial charge on any atom is -0.444 e. The van der Waals surface area contributed by atoms with Crippen LogP contribution >= 0.6 is 11.6 Å². The van der Waals surface area contributed by atoms with Gasteiger partial charge in [0.2, 0.25) is 0 Å². The van der Waals surface area contributed by atoms with E-state index in [2.05, 4.69) is 15.4 Å². The largest absolute Gasteiger partial charge is 0.444 e. The van der Waals surface area contributed by atoms with Gasteiger partial charge < -0.3 is 15.8 Å². The van der Waals surface area contributed by atoms with E-state index in [0.717, 1.165) is 11.1 Å². The number of carbonyl (C=O) groups is 1. The molecule has 0 unspecified atom stereocenters. The number of nitrogens with two attached hydrogens (primary N) is 1. The van der Waals surface area contributed by atoms with E-state index < -0.39 is 11.7 Å². The van der Waals surface area contributed by atoms with Crippen molar-refractivity contribution in [2.75, 3.05) is 12.3 Å². The molecule has 23 heavy (non-hydrogen) atoms. The fourth-order valence-electron chi connectivity index (χ4n) is 1.83. The van der Waals surface area contributed by atoms with Crippen LogP contribution in [-0.4, -0.2) is 33.0 Å². The van der Waals surface area contributed by atoms with Crippen LogP contribution in [0, 0.1) is 0 Å². The third kappa shape index (κ3) is 5.14. The molecule has 0 bridgehead atoms. The Morgan fingerprint density at radius 1 is 1.39 bits per heavy atom. The van der Waals surface area contributed by atoms with Crippen LogP contribution in [0.1, 0.15) is 20.8 Å². The standard InChI is InChI=1S/C15H20ClN5O2/c1-15(2,3)23-14(22)18-4-5-21-9-11(8-20-21)10-6-12(16)13(17)19-7-10/h6-9H,4-5H2,1-3H3,(H2,17,19)(H,18,22). The summed E-state index contributed by atoms with van der Waals surface area (Å²) in [6.45, 7) is 6.39. The van der Waals surface area contributed by atoms with E-state index in [0.29, 0.717) is 23.9 Å². The zero-order valence-corrected chi connectivity index (χ0v) is 14.1. The number of alkyl carbamates (subject to hydrolysis) is 1. The summed E-state index contributed by atoms with van der Waals surface area (Å²) in [6.07, 6.45) is 4.75. The van der Waals surface area contributed by atoms with Gasteiger partial charge in [-0.25, -0.2) is 9.78 Å². The Hall–Kier alpha value is -2.28. The number of pyridine rings is 1. The quantitative estimate of drug-likeness (QED) is 0.894. The van der Waals surface area contributed by atoms with Gasteiger partial charge in [-0.3, -0.25) is 4.68 Å². The van der Waals surface area contributed by atoms with Crippen molar-refractivity contribution in [3.05, 3.63) is 29.7 Å². The van der Waals surface area contributed by atoms with Gasteiger partial charge in [0.1, 0.15) is 11.4 Å². The van der Waals surface area contributed by atoms with Crippen molar-refractivity contribution in [2.45, 2.75) is 32.9 Å². The van der Waals surface area contributed by atoms with Crippen LogP contribution in [0.25, 0.3) is 11.1 Å². The van der Waals surface area contributed by atoms with Crippen molar-refractivity contribution in [3.8, 4) is 11.1 Å². The number of hydrogen-bond acceptors (Lipinski definition) is 5. The fourth-order valence-corrected chi connectivity index (χ4v) is 1.99. The molecule has 7 nitrogen and oxygen atoms in total. The first-order chi connectivity index (χ1) is 10.7. The van der Waals surface area contributed by atoms with Crippen molar-refractivity contribution in [1.82, 2.24) is 20.1 Å². The molecule has 0 spiro atoms. The highest BCUT2D eigenvalue weighted by atomic mass is 35.5. The van der Waals surface area contributed by atoms with Crippen molar-refractivity contribution in [1.29, 1.82) is 0 Å². The molecule has 0 aliphatic heterocycles. The molecule has 0 fully saturated rings. The van der Waals surface area contributed by atoms with Crippen LogP contribution in [-0.2, 0) is 11.3 Å². The smallest absolute Gasteiger partial charge is 0.407 e. The average molecular weight is 338 g/mol. The highest BCUT2D eigenvalue weighted by Gasteiger charge is 2.15. The summed E-state index contributed by atoms with van der Waals surface area (Å²) >= 11 is 5.97. The first-order valence-electron chi connectivity index (χ1n) is 7.15. The van der Waals surface area contributed by atoms with Crippen molar-refractivity contribution >= 4 is 23.5 Å². The van der Waals surface area contributed by atoms with E-state index in [-0.39, 0.29) is 0 Å². The van der Waals surface area contributed by atoms with E-state index in [1.54, 1.807) is 23.1 Å². The normalized spacial score (nSPS) is 11.3. The zero-order chi connectivity index (χ0) is 17.0. The minimum absolute atomic E-state index is 0.296. The molecular formula is C15H20ClN5O2. The van der Waals surface area contributed by atoms with Gasteiger partial charge in [0, 0.05) is 30.1 Å². The zero-order valence-electron chi connectivity index (χ0n) is 13.3. The van der Waals surface area contributed by atoms with E-state index >= 15 is 0 Å².